The predicted molar refractivity (Wildman–Crippen MR) is 96.4 cm³/mol. The van der Waals surface area contributed by atoms with Crippen molar-refractivity contribution in [2.75, 3.05) is 11.4 Å². The normalized spacial score (nSPS) is 10.3. The first-order valence-corrected chi connectivity index (χ1v) is 8.91. The number of hydrogen-bond donors (Lipinski definition) is 4. The summed E-state index contributed by atoms with van der Waals surface area (Å²) in [6, 6.07) is 3.43. The molecule has 0 atom stereocenters. The van der Waals surface area contributed by atoms with Crippen molar-refractivity contribution in [3.63, 3.8) is 0 Å². The van der Waals surface area contributed by atoms with Crippen LogP contribution in [0.4, 0.5) is 9.93 Å². The van der Waals surface area contributed by atoms with Crippen LogP contribution in [0, 0.1) is 0 Å². The Hall–Kier alpha value is -3.05. The zero-order valence-electron chi connectivity index (χ0n) is 14.3. The lowest BCUT2D eigenvalue weighted by molar-refractivity contribution is -0.129. The van der Waals surface area contributed by atoms with Gasteiger partial charge < -0.3 is 10.4 Å². The molecule has 0 aliphatic rings. The number of pyridine rings is 1. The molecule has 3 amide bonds. The van der Waals surface area contributed by atoms with Crippen molar-refractivity contribution in [2.45, 2.75) is 25.8 Å². The largest absolute Gasteiger partial charge is 0.465 e. The van der Waals surface area contributed by atoms with E-state index < -0.39 is 12.0 Å². The minimum absolute atomic E-state index is 0.00537. The second-order valence-electron chi connectivity index (χ2n) is 5.51. The molecule has 0 fully saturated rings. The fraction of sp³-hybridized carbons (Fsp3) is 0.312. The third-order valence-electron chi connectivity index (χ3n) is 3.46. The van der Waals surface area contributed by atoms with Crippen molar-refractivity contribution in [3.8, 4) is 0 Å². The summed E-state index contributed by atoms with van der Waals surface area (Å²) in [5.74, 6) is -0.802. The molecule has 144 valence electrons. The quantitative estimate of drug-likeness (QED) is 0.284. The molecule has 0 saturated heterocycles. The molecule has 2 aromatic rings. The lowest BCUT2D eigenvalue weighted by Crippen LogP contribution is -2.29. The molecule has 0 aromatic carbocycles. The molecule has 0 bridgehead atoms. The summed E-state index contributed by atoms with van der Waals surface area (Å²) in [5, 5.41) is 22.4. The fourth-order valence-electron chi connectivity index (χ4n) is 2.15. The molecule has 2 heterocycles. The molecule has 0 unspecified atom stereocenters. The topological polar surface area (TPSA) is 145 Å². The maximum Gasteiger partial charge on any atom is 0.413 e. The highest BCUT2D eigenvalue weighted by molar-refractivity contribution is 7.14. The van der Waals surface area contributed by atoms with Crippen LogP contribution in [0.15, 0.2) is 29.9 Å². The molecule has 0 saturated carbocycles. The van der Waals surface area contributed by atoms with E-state index in [-0.39, 0.29) is 37.0 Å². The average Bonchev–Trinajstić information content (AvgIpc) is 3.11. The molecular weight excluding hydrogens is 374 g/mol. The van der Waals surface area contributed by atoms with Crippen molar-refractivity contribution in [1.82, 2.24) is 20.8 Å². The van der Waals surface area contributed by atoms with E-state index >= 15 is 0 Å². The molecule has 0 radical (unpaired) electrons. The zero-order valence-corrected chi connectivity index (χ0v) is 15.1. The molecular formula is C16H19N5O5S. The van der Waals surface area contributed by atoms with Crippen LogP contribution >= 0.6 is 11.3 Å². The van der Waals surface area contributed by atoms with Gasteiger partial charge in [0.05, 0.1) is 18.7 Å². The first-order chi connectivity index (χ1) is 13.0. The molecule has 10 nitrogen and oxygen atoms in total. The van der Waals surface area contributed by atoms with Crippen LogP contribution in [-0.4, -0.2) is 44.7 Å². The highest BCUT2D eigenvalue weighted by Gasteiger charge is 2.19. The Balaban J connectivity index is 1.89. The van der Waals surface area contributed by atoms with Crippen LogP contribution in [0.3, 0.4) is 0 Å². The van der Waals surface area contributed by atoms with E-state index in [1.165, 1.54) is 5.48 Å². The van der Waals surface area contributed by atoms with Gasteiger partial charge in [-0.25, -0.2) is 20.2 Å². The Morgan fingerprint density at radius 3 is 2.59 bits per heavy atom. The van der Waals surface area contributed by atoms with E-state index in [1.54, 1.807) is 29.9 Å². The van der Waals surface area contributed by atoms with Gasteiger partial charge in [0.25, 0.3) is 0 Å². The van der Waals surface area contributed by atoms with E-state index in [1.807, 2.05) is 0 Å². The highest BCUT2D eigenvalue weighted by Crippen LogP contribution is 2.23. The Morgan fingerprint density at radius 2 is 1.93 bits per heavy atom. The van der Waals surface area contributed by atoms with Gasteiger partial charge in [0.1, 0.15) is 0 Å². The fourth-order valence-corrected chi connectivity index (χ4v) is 2.97. The zero-order chi connectivity index (χ0) is 19.6. The number of anilines is 1. The molecule has 0 aliphatic carbocycles. The molecule has 4 N–H and O–H groups in total. The Kier molecular flexibility index (Phi) is 7.64. The van der Waals surface area contributed by atoms with Gasteiger partial charge in [0, 0.05) is 30.7 Å². The SMILES string of the molecule is O=C(CCCNC(=O)Cc1csc(N(Cc2ccncc2)C(=O)O)n1)NO. The molecule has 0 aliphatic heterocycles. The number of hydrogen-bond acceptors (Lipinski definition) is 7. The van der Waals surface area contributed by atoms with E-state index in [0.29, 0.717) is 12.1 Å². The molecule has 27 heavy (non-hydrogen) atoms. The minimum Gasteiger partial charge on any atom is -0.465 e. The number of nitrogens with zero attached hydrogens (tertiary/aromatic N) is 3. The van der Waals surface area contributed by atoms with Crippen LogP contribution in [0.2, 0.25) is 0 Å². The number of thiazole rings is 1. The standard InChI is InChI=1S/C16H19N5O5S/c22-13(20-26)2-1-5-18-14(23)8-12-10-27-15(19-12)21(16(24)25)9-11-3-6-17-7-4-11/h3-4,6-7,10,26H,1-2,5,8-9H2,(H,18,23)(H,20,22)(H,24,25). The Bertz CT molecular complexity index is 783. The molecule has 11 heteroatoms. The summed E-state index contributed by atoms with van der Waals surface area (Å²) in [7, 11) is 0. The Morgan fingerprint density at radius 1 is 1.19 bits per heavy atom. The maximum absolute atomic E-state index is 11.9. The van der Waals surface area contributed by atoms with Crippen LogP contribution in [0.25, 0.3) is 0 Å². The number of rotatable bonds is 9. The van der Waals surface area contributed by atoms with E-state index in [4.69, 9.17) is 5.21 Å². The van der Waals surface area contributed by atoms with Crippen LogP contribution in [0.5, 0.6) is 0 Å². The molecule has 0 spiro atoms. The summed E-state index contributed by atoms with van der Waals surface area (Å²) in [5.41, 5.74) is 2.75. The van der Waals surface area contributed by atoms with Gasteiger partial charge in [-0.05, 0) is 24.1 Å². The minimum atomic E-state index is -1.14. The molecule has 2 rings (SSSR count). The van der Waals surface area contributed by atoms with Crippen molar-refractivity contribution in [2.24, 2.45) is 0 Å². The van der Waals surface area contributed by atoms with Gasteiger partial charge >= 0.3 is 6.09 Å². The third kappa shape index (κ3) is 6.64. The second kappa shape index (κ2) is 10.2. The van der Waals surface area contributed by atoms with Gasteiger partial charge in [-0.1, -0.05) is 0 Å². The maximum atomic E-state index is 11.9. The van der Waals surface area contributed by atoms with Gasteiger partial charge in [-0.2, -0.15) is 0 Å². The van der Waals surface area contributed by atoms with E-state index in [0.717, 1.165) is 21.8 Å². The van der Waals surface area contributed by atoms with Gasteiger partial charge in [-0.15, -0.1) is 11.3 Å². The number of amides is 3. The van der Waals surface area contributed by atoms with Crippen molar-refractivity contribution < 1.29 is 24.7 Å². The second-order valence-corrected chi connectivity index (χ2v) is 6.35. The first kappa shape index (κ1) is 20.3. The van der Waals surface area contributed by atoms with Crippen molar-refractivity contribution in [1.29, 1.82) is 0 Å². The van der Waals surface area contributed by atoms with Crippen molar-refractivity contribution >= 4 is 34.4 Å². The smallest absolute Gasteiger partial charge is 0.413 e. The summed E-state index contributed by atoms with van der Waals surface area (Å²) < 4.78 is 0. The summed E-state index contributed by atoms with van der Waals surface area (Å²) >= 11 is 1.14. The monoisotopic (exact) mass is 393 g/mol. The predicted octanol–water partition coefficient (Wildman–Crippen LogP) is 1.17. The summed E-state index contributed by atoms with van der Waals surface area (Å²) in [6.07, 6.45) is 2.51. The van der Waals surface area contributed by atoms with Crippen LogP contribution in [-0.2, 0) is 22.6 Å². The number of carbonyl (C=O) groups excluding carboxylic acids is 2. The van der Waals surface area contributed by atoms with Crippen LogP contribution in [0.1, 0.15) is 24.1 Å². The number of hydroxylamine groups is 1. The van der Waals surface area contributed by atoms with Crippen molar-refractivity contribution in [3.05, 3.63) is 41.2 Å². The highest BCUT2D eigenvalue weighted by atomic mass is 32.1. The number of nitrogens with one attached hydrogen (secondary N) is 2. The third-order valence-corrected chi connectivity index (χ3v) is 4.37. The summed E-state index contributed by atoms with van der Waals surface area (Å²) in [4.78, 5) is 43.5. The average molecular weight is 393 g/mol. The number of carbonyl (C=O) groups is 3. The van der Waals surface area contributed by atoms with E-state index in [9.17, 15) is 19.5 Å². The lowest BCUT2D eigenvalue weighted by atomic mass is 10.2. The number of aromatic nitrogens is 2. The molecule has 2 aromatic heterocycles. The van der Waals surface area contributed by atoms with Gasteiger partial charge in [-0.3, -0.25) is 19.8 Å². The van der Waals surface area contributed by atoms with Crippen LogP contribution < -0.4 is 15.7 Å². The lowest BCUT2D eigenvalue weighted by Gasteiger charge is -2.15. The summed E-state index contributed by atoms with van der Waals surface area (Å²) in [6.45, 7) is 0.413. The van der Waals surface area contributed by atoms with E-state index in [2.05, 4.69) is 15.3 Å². The first-order valence-electron chi connectivity index (χ1n) is 8.03. The van der Waals surface area contributed by atoms with Gasteiger partial charge in [0.15, 0.2) is 5.13 Å². The number of carboxylic acid groups (broad SMARTS) is 1. The Labute approximate surface area is 158 Å². The van der Waals surface area contributed by atoms with Gasteiger partial charge in [0.2, 0.25) is 11.8 Å².